The standard InChI is InChI=1S/C55H35NO2/c1-3-16-36(17-4-1)40-23-13-24-45-46-26-15-30-50(54(46)58-52(40)45)56(38-18-5-2-6-19-38)39-34-32-37(33-35-39)55(47-27-10-7-20-41(47)42-21-8-11-28-48(42)55)49-29-14-25-44-43-22-9-12-31-51(43)57-53(44)49/h1-35H. The Morgan fingerprint density at radius 2 is 0.845 bits per heavy atom. The van der Waals surface area contributed by atoms with Gasteiger partial charge in [0.15, 0.2) is 5.58 Å². The molecule has 12 rings (SSSR count). The lowest BCUT2D eigenvalue weighted by Crippen LogP contribution is -2.28. The molecule has 0 amide bonds. The van der Waals surface area contributed by atoms with E-state index in [9.17, 15) is 0 Å². The minimum Gasteiger partial charge on any atom is -0.456 e. The van der Waals surface area contributed by atoms with Gasteiger partial charge in [0.05, 0.1) is 11.1 Å². The van der Waals surface area contributed by atoms with Gasteiger partial charge in [-0.25, -0.2) is 0 Å². The monoisotopic (exact) mass is 741 g/mol. The lowest BCUT2D eigenvalue weighted by Gasteiger charge is -2.34. The van der Waals surface area contributed by atoms with Gasteiger partial charge in [-0.05, 0) is 69.8 Å². The van der Waals surface area contributed by atoms with Crippen molar-refractivity contribution in [1.82, 2.24) is 0 Å². The molecule has 3 heteroatoms. The smallest absolute Gasteiger partial charge is 0.159 e. The van der Waals surface area contributed by atoms with Crippen molar-refractivity contribution in [3.05, 3.63) is 235 Å². The van der Waals surface area contributed by atoms with Gasteiger partial charge in [-0.2, -0.15) is 0 Å². The molecule has 0 radical (unpaired) electrons. The highest BCUT2D eigenvalue weighted by atomic mass is 16.3. The summed E-state index contributed by atoms with van der Waals surface area (Å²) in [6.45, 7) is 0. The molecule has 2 aromatic heterocycles. The number of benzene rings is 9. The number of furan rings is 2. The van der Waals surface area contributed by atoms with Crippen LogP contribution in [0.5, 0.6) is 0 Å². The molecule has 0 N–H and O–H groups in total. The van der Waals surface area contributed by atoms with Crippen molar-refractivity contribution in [2.75, 3.05) is 4.90 Å². The number of nitrogens with zero attached hydrogens (tertiary/aromatic N) is 1. The Morgan fingerprint density at radius 1 is 0.328 bits per heavy atom. The normalized spacial score (nSPS) is 13.0. The lowest BCUT2D eigenvalue weighted by atomic mass is 9.67. The summed E-state index contributed by atoms with van der Waals surface area (Å²) >= 11 is 0. The highest BCUT2D eigenvalue weighted by Gasteiger charge is 2.47. The first-order valence-electron chi connectivity index (χ1n) is 19.8. The molecule has 0 unspecified atom stereocenters. The van der Waals surface area contributed by atoms with Crippen LogP contribution in [-0.2, 0) is 5.41 Å². The van der Waals surface area contributed by atoms with Gasteiger partial charge >= 0.3 is 0 Å². The van der Waals surface area contributed by atoms with Crippen LogP contribution in [0.4, 0.5) is 17.1 Å². The third kappa shape index (κ3) is 4.62. The second kappa shape index (κ2) is 12.7. The van der Waals surface area contributed by atoms with Crippen LogP contribution in [0.15, 0.2) is 221 Å². The van der Waals surface area contributed by atoms with E-state index in [1.165, 1.54) is 27.8 Å². The number of rotatable bonds is 6. The van der Waals surface area contributed by atoms with Crippen molar-refractivity contribution in [3.63, 3.8) is 0 Å². The second-order valence-corrected chi connectivity index (χ2v) is 15.1. The molecule has 1 aliphatic rings. The number of para-hydroxylation sites is 5. The molecule has 1 aliphatic carbocycles. The maximum atomic E-state index is 6.96. The molecule has 11 aromatic rings. The zero-order chi connectivity index (χ0) is 38.2. The van der Waals surface area contributed by atoms with E-state index in [1.54, 1.807) is 0 Å². The van der Waals surface area contributed by atoms with Gasteiger partial charge in [-0.1, -0.05) is 176 Å². The highest BCUT2D eigenvalue weighted by Crippen LogP contribution is 2.58. The summed E-state index contributed by atoms with van der Waals surface area (Å²) in [7, 11) is 0. The summed E-state index contributed by atoms with van der Waals surface area (Å²) in [4.78, 5) is 2.32. The molecule has 0 fully saturated rings. The van der Waals surface area contributed by atoms with Crippen LogP contribution < -0.4 is 4.90 Å². The zero-order valence-electron chi connectivity index (χ0n) is 31.5. The molecule has 0 saturated heterocycles. The van der Waals surface area contributed by atoms with E-state index in [2.05, 4.69) is 211 Å². The van der Waals surface area contributed by atoms with E-state index in [0.717, 1.165) is 77.6 Å². The van der Waals surface area contributed by atoms with Gasteiger partial charge in [0.25, 0.3) is 0 Å². The quantitative estimate of drug-likeness (QED) is 0.170. The van der Waals surface area contributed by atoms with Gasteiger partial charge in [0.1, 0.15) is 16.7 Å². The number of fused-ring (bicyclic) bond motifs is 9. The molecule has 0 bridgehead atoms. The summed E-state index contributed by atoms with van der Waals surface area (Å²) in [6, 6.07) is 75.9. The van der Waals surface area contributed by atoms with Gasteiger partial charge in [0, 0.05) is 44.0 Å². The Labute approximate surface area is 335 Å². The minimum absolute atomic E-state index is 0.636. The van der Waals surface area contributed by atoms with Crippen molar-refractivity contribution >= 4 is 60.9 Å². The molecular formula is C55H35NO2. The van der Waals surface area contributed by atoms with Crippen LogP contribution in [0, 0.1) is 0 Å². The minimum atomic E-state index is -0.636. The Bertz CT molecular complexity index is 3290. The molecule has 58 heavy (non-hydrogen) atoms. The zero-order valence-corrected chi connectivity index (χ0v) is 31.5. The summed E-state index contributed by atoms with van der Waals surface area (Å²) in [5, 5.41) is 4.43. The van der Waals surface area contributed by atoms with E-state index in [-0.39, 0.29) is 0 Å². The molecule has 0 aliphatic heterocycles. The molecule has 3 nitrogen and oxygen atoms in total. The van der Waals surface area contributed by atoms with Crippen LogP contribution in [0.25, 0.3) is 66.1 Å². The van der Waals surface area contributed by atoms with Gasteiger partial charge in [-0.15, -0.1) is 0 Å². The third-order valence-corrected chi connectivity index (χ3v) is 12.2. The Morgan fingerprint density at radius 3 is 1.59 bits per heavy atom. The van der Waals surface area contributed by atoms with Crippen molar-refractivity contribution in [2.45, 2.75) is 5.41 Å². The molecule has 0 atom stereocenters. The third-order valence-electron chi connectivity index (χ3n) is 12.2. The van der Waals surface area contributed by atoms with E-state index in [4.69, 9.17) is 8.83 Å². The topological polar surface area (TPSA) is 29.5 Å². The fourth-order valence-electron chi connectivity index (χ4n) is 9.73. The first-order valence-corrected chi connectivity index (χ1v) is 19.8. The van der Waals surface area contributed by atoms with Crippen molar-refractivity contribution in [3.8, 4) is 22.3 Å². The SMILES string of the molecule is c1ccc(-c2cccc3c2oc2c(N(c4ccccc4)c4ccc(C5(c6cccc7c6oc6ccccc67)c6ccccc6-c6ccccc65)cc4)cccc23)cc1. The Kier molecular flexibility index (Phi) is 7.14. The molecule has 0 spiro atoms. The van der Waals surface area contributed by atoms with Crippen LogP contribution in [-0.4, -0.2) is 0 Å². The summed E-state index contributed by atoms with van der Waals surface area (Å²) in [5.41, 5.74) is 15.5. The summed E-state index contributed by atoms with van der Waals surface area (Å²) in [5.74, 6) is 0. The average Bonchev–Trinajstić information content (AvgIpc) is 3.97. The fourth-order valence-corrected chi connectivity index (χ4v) is 9.73. The largest absolute Gasteiger partial charge is 0.456 e. The maximum absolute atomic E-state index is 6.96. The second-order valence-electron chi connectivity index (χ2n) is 15.1. The maximum Gasteiger partial charge on any atom is 0.159 e. The van der Waals surface area contributed by atoms with Crippen LogP contribution >= 0.6 is 0 Å². The Hall–Kier alpha value is -7.62. The van der Waals surface area contributed by atoms with Gasteiger partial charge in [0.2, 0.25) is 0 Å². The predicted molar refractivity (Wildman–Crippen MR) is 238 cm³/mol. The predicted octanol–water partition coefficient (Wildman–Crippen LogP) is 15.0. The fraction of sp³-hybridized carbons (Fsp3) is 0.0182. The average molecular weight is 742 g/mol. The van der Waals surface area contributed by atoms with E-state index >= 15 is 0 Å². The summed E-state index contributed by atoms with van der Waals surface area (Å²) < 4.78 is 13.8. The van der Waals surface area contributed by atoms with Gasteiger partial charge in [-0.3, -0.25) is 0 Å². The molecule has 2 heterocycles. The van der Waals surface area contributed by atoms with Crippen molar-refractivity contribution < 1.29 is 8.83 Å². The van der Waals surface area contributed by atoms with E-state index < -0.39 is 5.41 Å². The van der Waals surface area contributed by atoms with E-state index in [0.29, 0.717) is 0 Å². The highest BCUT2D eigenvalue weighted by molar-refractivity contribution is 6.13. The first kappa shape index (κ1) is 32.6. The number of anilines is 3. The lowest BCUT2D eigenvalue weighted by molar-refractivity contribution is 0.648. The Balaban J connectivity index is 1.09. The number of hydrogen-bond acceptors (Lipinski definition) is 3. The van der Waals surface area contributed by atoms with Crippen LogP contribution in [0.3, 0.4) is 0 Å². The first-order chi connectivity index (χ1) is 28.8. The van der Waals surface area contributed by atoms with Crippen LogP contribution in [0.1, 0.15) is 22.3 Å². The molecule has 0 saturated carbocycles. The van der Waals surface area contributed by atoms with Gasteiger partial charge < -0.3 is 13.7 Å². The van der Waals surface area contributed by atoms with Crippen molar-refractivity contribution in [1.29, 1.82) is 0 Å². The van der Waals surface area contributed by atoms with Crippen LogP contribution in [0.2, 0.25) is 0 Å². The summed E-state index contributed by atoms with van der Waals surface area (Å²) in [6.07, 6.45) is 0. The van der Waals surface area contributed by atoms with Crippen molar-refractivity contribution in [2.24, 2.45) is 0 Å². The molecule has 272 valence electrons. The molecule has 9 aromatic carbocycles. The van der Waals surface area contributed by atoms with E-state index in [1.807, 2.05) is 6.07 Å². The molecular weight excluding hydrogens is 707 g/mol. The number of hydrogen-bond donors (Lipinski definition) is 0.